The molecule has 1 unspecified atom stereocenters. The molecule has 2 heterocycles. The topological polar surface area (TPSA) is 99.1 Å². The van der Waals surface area contributed by atoms with E-state index in [0.717, 1.165) is 5.22 Å². The molecule has 7 heteroatoms. The monoisotopic (exact) mass is 354 g/mol. The Morgan fingerprint density at radius 1 is 1.12 bits per heavy atom. The minimum absolute atomic E-state index is 0.0154. The predicted molar refractivity (Wildman–Crippen MR) is 92.9 cm³/mol. The third-order valence-electron chi connectivity index (χ3n) is 4.08. The molecule has 7 nitrogen and oxygen atoms in total. The van der Waals surface area contributed by atoms with E-state index in [0.29, 0.717) is 17.2 Å². The third-order valence-corrected chi connectivity index (χ3v) is 4.08. The lowest BCUT2D eigenvalue weighted by atomic mass is 10.1. The number of ether oxygens (including phenoxy) is 2. The molecule has 0 saturated carbocycles. The van der Waals surface area contributed by atoms with Gasteiger partial charge in [0.1, 0.15) is 17.1 Å². The summed E-state index contributed by atoms with van der Waals surface area (Å²) in [7, 11) is 1.43. The van der Waals surface area contributed by atoms with Crippen molar-refractivity contribution in [2.24, 2.45) is 0 Å². The van der Waals surface area contributed by atoms with Gasteiger partial charge in [-0.2, -0.15) is 0 Å². The highest BCUT2D eigenvalue weighted by Gasteiger charge is 2.16. The highest BCUT2D eigenvalue weighted by atomic mass is 16.5. The van der Waals surface area contributed by atoms with Gasteiger partial charge in [0.25, 0.3) is 0 Å². The second kappa shape index (κ2) is 6.11. The maximum Gasteiger partial charge on any atom is 0.379 e. The molecule has 4 rings (SSSR count). The van der Waals surface area contributed by atoms with E-state index in [9.17, 15) is 14.7 Å². The first-order valence-electron chi connectivity index (χ1n) is 7.87. The van der Waals surface area contributed by atoms with Crippen molar-refractivity contribution in [1.82, 2.24) is 0 Å². The van der Waals surface area contributed by atoms with Gasteiger partial charge < -0.3 is 23.4 Å². The Morgan fingerprint density at radius 2 is 1.92 bits per heavy atom. The Morgan fingerprint density at radius 3 is 2.73 bits per heavy atom. The fourth-order valence-electron chi connectivity index (χ4n) is 2.83. The highest BCUT2D eigenvalue weighted by Crippen LogP contribution is 2.31. The lowest BCUT2D eigenvalue weighted by Crippen LogP contribution is -2.35. The molecule has 2 aromatic heterocycles. The van der Waals surface area contributed by atoms with Crippen molar-refractivity contribution in [1.29, 1.82) is 0 Å². The van der Waals surface area contributed by atoms with Gasteiger partial charge in [-0.1, -0.05) is 6.08 Å². The molecule has 0 saturated heterocycles. The van der Waals surface area contributed by atoms with E-state index in [4.69, 9.17) is 18.3 Å². The van der Waals surface area contributed by atoms with Gasteiger partial charge in [-0.25, -0.2) is 9.59 Å². The second-order valence-corrected chi connectivity index (χ2v) is 5.80. The zero-order chi connectivity index (χ0) is 18.3. The molecular formula is C19H14O7. The van der Waals surface area contributed by atoms with Crippen LogP contribution in [0.2, 0.25) is 0 Å². The number of hydrogen-bond acceptors (Lipinski definition) is 7. The van der Waals surface area contributed by atoms with Gasteiger partial charge in [-0.05, 0) is 24.3 Å². The zero-order valence-electron chi connectivity index (χ0n) is 13.7. The Bertz CT molecular complexity index is 1230. The first-order chi connectivity index (χ1) is 12.5. The number of fused-ring (bicyclic) bond motifs is 2. The van der Waals surface area contributed by atoms with Crippen LogP contribution in [-0.4, -0.2) is 18.3 Å². The molecule has 1 aliphatic carbocycles. The Balaban J connectivity index is 1.73. The van der Waals surface area contributed by atoms with Crippen molar-refractivity contribution in [3.05, 3.63) is 61.8 Å². The first-order valence-corrected chi connectivity index (χ1v) is 7.87. The minimum Gasteiger partial charge on any atom is -0.504 e. The van der Waals surface area contributed by atoms with Crippen LogP contribution >= 0.6 is 0 Å². The summed E-state index contributed by atoms with van der Waals surface area (Å²) in [6, 6.07) is 7.41. The normalized spacial score (nSPS) is 15.7. The number of phenols is 1. The molecule has 1 aliphatic rings. The van der Waals surface area contributed by atoms with Crippen molar-refractivity contribution in [2.45, 2.75) is 12.5 Å². The van der Waals surface area contributed by atoms with Crippen LogP contribution in [0.15, 0.2) is 48.8 Å². The summed E-state index contributed by atoms with van der Waals surface area (Å²) in [6.45, 7) is 0. The molecule has 0 bridgehead atoms. The molecule has 132 valence electrons. The molecule has 3 aromatic rings. The van der Waals surface area contributed by atoms with Gasteiger partial charge in [-0.3, -0.25) is 0 Å². The number of methoxy groups -OCH3 is 1. The van der Waals surface area contributed by atoms with E-state index in [1.807, 2.05) is 6.08 Å². The van der Waals surface area contributed by atoms with Gasteiger partial charge in [0.2, 0.25) is 5.75 Å². The fraction of sp³-hybridized carbons (Fsp3) is 0.158. The van der Waals surface area contributed by atoms with E-state index in [2.05, 4.69) is 0 Å². The maximum atomic E-state index is 12.2. The van der Waals surface area contributed by atoms with E-state index >= 15 is 0 Å². The number of aromatic hydroxyl groups is 1. The number of hydrogen-bond donors (Lipinski definition) is 1. The molecule has 1 N–H and O–H groups in total. The average Bonchev–Trinajstić information content (AvgIpc) is 2.62. The smallest absolute Gasteiger partial charge is 0.379 e. The quantitative estimate of drug-likeness (QED) is 0.697. The summed E-state index contributed by atoms with van der Waals surface area (Å²) in [5.74, 6) is 0.144. The van der Waals surface area contributed by atoms with Crippen LogP contribution in [0.3, 0.4) is 0 Å². The highest BCUT2D eigenvalue weighted by molar-refractivity contribution is 5.81. The molecule has 0 radical (unpaired) electrons. The number of benzene rings is 1. The van der Waals surface area contributed by atoms with Crippen LogP contribution in [0, 0.1) is 0 Å². The molecule has 1 atom stereocenters. The van der Waals surface area contributed by atoms with Gasteiger partial charge in [0.05, 0.1) is 7.11 Å². The molecule has 0 fully saturated rings. The molecule has 0 aliphatic heterocycles. The third kappa shape index (κ3) is 2.83. The largest absolute Gasteiger partial charge is 0.504 e. The summed E-state index contributed by atoms with van der Waals surface area (Å²) in [4.78, 5) is 23.5. The van der Waals surface area contributed by atoms with E-state index in [1.165, 1.54) is 25.3 Å². The van der Waals surface area contributed by atoms with Crippen LogP contribution < -0.4 is 31.4 Å². The average molecular weight is 354 g/mol. The van der Waals surface area contributed by atoms with Crippen molar-refractivity contribution in [3.8, 4) is 17.2 Å². The Hall–Kier alpha value is -3.48. The van der Waals surface area contributed by atoms with Crippen molar-refractivity contribution < 1.29 is 23.4 Å². The van der Waals surface area contributed by atoms with Crippen LogP contribution in [0.4, 0.5) is 0 Å². The summed E-state index contributed by atoms with van der Waals surface area (Å²) in [5, 5.41) is 11.1. The minimum atomic E-state index is -0.671. The van der Waals surface area contributed by atoms with Crippen LogP contribution in [0.5, 0.6) is 17.2 Å². The SMILES string of the molecule is COc1cc2cc(OC3C=c4oc(=O)ccc4=CC3)c(=O)oc2cc1O. The van der Waals surface area contributed by atoms with Crippen LogP contribution in [0.1, 0.15) is 6.42 Å². The summed E-state index contributed by atoms with van der Waals surface area (Å²) in [6.07, 6.45) is 3.55. The molecule has 0 spiro atoms. The summed E-state index contributed by atoms with van der Waals surface area (Å²) >= 11 is 0. The standard InChI is InChI=1S/C19H14O7/c1-23-16-6-11-7-17(19(22)26-15(11)9-13(16)20)24-12-4-2-10-3-5-18(21)25-14(10)8-12/h2-3,5-9,12,20H,4H2,1H3. The summed E-state index contributed by atoms with van der Waals surface area (Å²) in [5.41, 5.74) is -0.497. The Labute approximate surface area is 146 Å². The zero-order valence-corrected chi connectivity index (χ0v) is 13.7. The lowest BCUT2D eigenvalue weighted by Gasteiger charge is -2.15. The van der Waals surface area contributed by atoms with Crippen molar-refractivity contribution in [3.63, 3.8) is 0 Å². The van der Waals surface area contributed by atoms with Gasteiger partial charge in [0, 0.05) is 29.2 Å². The van der Waals surface area contributed by atoms with Crippen molar-refractivity contribution >= 4 is 23.1 Å². The van der Waals surface area contributed by atoms with E-state index in [-0.39, 0.29) is 22.8 Å². The maximum absolute atomic E-state index is 12.2. The van der Waals surface area contributed by atoms with Gasteiger partial charge in [-0.15, -0.1) is 0 Å². The van der Waals surface area contributed by atoms with Crippen LogP contribution in [0.25, 0.3) is 23.1 Å². The fourth-order valence-corrected chi connectivity index (χ4v) is 2.83. The second-order valence-electron chi connectivity index (χ2n) is 5.80. The molecule has 1 aromatic carbocycles. The van der Waals surface area contributed by atoms with Crippen LogP contribution in [-0.2, 0) is 0 Å². The number of rotatable bonds is 3. The van der Waals surface area contributed by atoms with Gasteiger partial charge >= 0.3 is 11.3 Å². The van der Waals surface area contributed by atoms with E-state index < -0.39 is 17.4 Å². The van der Waals surface area contributed by atoms with Crippen molar-refractivity contribution in [2.75, 3.05) is 7.11 Å². The molecule has 0 amide bonds. The van der Waals surface area contributed by atoms with Gasteiger partial charge in [0.15, 0.2) is 11.5 Å². The molecular weight excluding hydrogens is 340 g/mol. The molecule has 26 heavy (non-hydrogen) atoms. The number of phenolic OH excluding ortho intramolecular Hbond substituents is 1. The first kappa shape index (κ1) is 16.0. The summed E-state index contributed by atoms with van der Waals surface area (Å²) < 4.78 is 21.1. The predicted octanol–water partition coefficient (Wildman–Crippen LogP) is 0.873. The van der Waals surface area contributed by atoms with E-state index in [1.54, 1.807) is 18.2 Å². The lowest BCUT2D eigenvalue weighted by molar-refractivity contribution is 0.255. The Kier molecular flexibility index (Phi) is 3.76.